The van der Waals surface area contributed by atoms with Gasteiger partial charge >= 0.3 is 0 Å². The minimum atomic E-state index is -0.0817. The van der Waals surface area contributed by atoms with Crippen molar-refractivity contribution in [1.29, 1.82) is 0 Å². The number of ether oxygens (including phenoxy) is 1. The summed E-state index contributed by atoms with van der Waals surface area (Å²) in [5.41, 5.74) is 7.74. The first-order chi connectivity index (χ1) is 10.1. The van der Waals surface area contributed by atoms with Crippen molar-refractivity contribution in [3.63, 3.8) is 0 Å². The van der Waals surface area contributed by atoms with Crippen molar-refractivity contribution in [2.24, 2.45) is 0 Å². The Labute approximate surface area is 125 Å². The highest BCUT2D eigenvalue weighted by molar-refractivity contribution is 6.06. The second-order valence-electron chi connectivity index (χ2n) is 4.83. The average molecular weight is 284 g/mol. The Balaban J connectivity index is 2.17. The van der Waals surface area contributed by atoms with E-state index in [1.807, 2.05) is 31.2 Å². The zero-order chi connectivity index (χ0) is 15.2. The molecule has 21 heavy (non-hydrogen) atoms. The van der Waals surface area contributed by atoms with E-state index in [1.165, 1.54) is 0 Å². The fourth-order valence-corrected chi connectivity index (χ4v) is 1.95. The molecule has 2 aromatic rings. The molecule has 110 valence electrons. The summed E-state index contributed by atoms with van der Waals surface area (Å²) in [6.07, 6.45) is 0.934. The van der Waals surface area contributed by atoms with Crippen molar-refractivity contribution in [2.75, 3.05) is 24.3 Å². The minimum Gasteiger partial charge on any atom is -0.494 e. The van der Waals surface area contributed by atoms with Gasteiger partial charge < -0.3 is 15.4 Å². The summed E-state index contributed by atoms with van der Waals surface area (Å²) in [6, 6.07) is 14.4. The Morgan fingerprint density at radius 3 is 2.57 bits per heavy atom. The van der Waals surface area contributed by atoms with Crippen LogP contribution in [-0.4, -0.2) is 19.6 Å². The predicted molar refractivity (Wildman–Crippen MR) is 85.8 cm³/mol. The highest BCUT2D eigenvalue weighted by atomic mass is 16.5. The number of hydrogen-bond acceptors (Lipinski definition) is 3. The summed E-state index contributed by atoms with van der Waals surface area (Å²) >= 11 is 0. The second kappa shape index (κ2) is 6.79. The van der Waals surface area contributed by atoms with Crippen LogP contribution in [0.25, 0.3) is 0 Å². The fourth-order valence-electron chi connectivity index (χ4n) is 1.95. The lowest BCUT2D eigenvalue weighted by atomic mass is 10.1. The molecule has 0 aliphatic rings. The van der Waals surface area contributed by atoms with Crippen molar-refractivity contribution >= 4 is 17.3 Å². The van der Waals surface area contributed by atoms with E-state index in [1.54, 1.807) is 36.2 Å². The first kappa shape index (κ1) is 14.9. The molecule has 0 heterocycles. The van der Waals surface area contributed by atoms with Crippen molar-refractivity contribution in [2.45, 2.75) is 13.3 Å². The molecule has 2 aromatic carbocycles. The number of hydrogen-bond donors (Lipinski definition) is 1. The monoisotopic (exact) mass is 284 g/mol. The fraction of sp³-hybridized carbons (Fsp3) is 0.235. The Morgan fingerprint density at radius 2 is 1.90 bits per heavy atom. The molecule has 4 heteroatoms. The van der Waals surface area contributed by atoms with Crippen LogP contribution in [0.15, 0.2) is 48.5 Å². The van der Waals surface area contributed by atoms with Gasteiger partial charge in [0.1, 0.15) is 5.75 Å². The van der Waals surface area contributed by atoms with Gasteiger partial charge in [0, 0.05) is 24.0 Å². The highest BCUT2D eigenvalue weighted by Gasteiger charge is 2.14. The maximum atomic E-state index is 12.5. The molecule has 0 aliphatic heterocycles. The van der Waals surface area contributed by atoms with Gasteiger partial charge in [0.2, 0.25) is 0 Å². The molecule has 0 saturated heterocycles. The first-order valence-corrected chi connectivity index (χ1v) is 6.98. The topological polar surface area (TPSA) is 55.6 Å². The molecule has 0 saturated carbocycles. The molecule has 2 rings (SSSR count). The molecular formula is C17H20N2O2. The van der Waals surface area contributed by atoms with Gasteiger partial charge in [-0.3, -0.25) is 4.79 Å². The van der Waals surface area contributed by atoms with Crippen molar-refractivity contribution in [1.82, 2.24) is 0 Å². The summed E-state index contributed by atoms with van der Waals surface area (Å²) < 4.78 is 5.56. The Morgan fingerprint density at radius 1 is 1.19 bits per heavy atom. The van der Waals surface area contributed by atoms with Crippen molar-refractivity contribution < 1.29 is 9.53 Å². The number of carbonyl (C=O) groups excluding carboxylic acids is 1. The van der Waals surface area contributed by atoms with E-state index in [4.69, 9.17) is 10.5 Å². The number of nitrogens with zero attached hydrogens (tertiary/aromatic N) is 1. The molecular weight excluding hydrogens is 264 g/mol. The number of benzene rings is 2. The van der Waals surface area contributed by atoms with Gasteiger partial charge in [0.25, 0.3) is 5.91 Å². The second-order valence-corrected chi connectivity index (χ2v) is 4.83. The van der Waals surface area contributed by atoms with Crippen LogP contribution in [0.3, 0.4) is 0 Å². The molecule has 4 nitrogen and oxygen atoms in total. The Bertz CT molecular complexity index is 608. The molecule has 0 atom stereocenters. The molecule has 2 N–H and O–H groups in total. The van der Waals surface area contributed by atoms with Crippen LogP contribution in [0.5, 0.6) is 5.75 Å². The number of nitrogens with two attached hydrogens (primary N) is 1. The molecule has 0 spiro atoms. The lowest BCUT2D eigenvalue weighted by molar-refractivity contribution is 0.0992. The number of nitrogen functional groups attached to an aromatic ring is 1. The third-order valence-electron chi connectivity index (χ3n) is 3.14. The van der Waals surface area contributed by atoms with Crippen LogP contribution >= 0.6 is 0 Å². The van der Waals surface area contributed by atoms with Crippen LogP contribution in [0.2, 0.25) is 0 Å². The van der Waals surface area contributed by atoms with Gasteiger partial charge in [-0.25, -0.2) is 0 Å². The average Bonchev–Trinajstić information content (AvgIpc) is 2.52. The van der Waals surface area contributed by atoms with Crippen LogP contribution in [0.1, 0.15) is 23.7 Å². The van der Waals surface area contributed by atoms with Gasteiger partial charge in [-0.05, 0) is 48.9 Å². The van der Waals surface area contributed by atoms with Gasteiger partial charge in [0.15, 0.2) is 0 Å². The zero-order valence-electron chi connectivity index (χ0n) is 12.4. The van der Waals surface area contributed by atoms with E-state index in [2.05, 4.69) is 0 Å². The molecule has 0 radical (unpaired) electrons. The standard InChI is InChI=1S/C17H20N2O2/c1-3-11-21-16-6-4-5-13(12-16)17(20)19(2)15-9-7-14(18)8-10-15/h4-10,12H,3,11,18H2,1-2H3. The van der Waals surface area contributed by atoms with Gasteiger partial charge in [-0.15, -0.1) is 0 Å². The molecule has 0 fully saturated rings. The number of amides is 1. The van der Waals surface area contributed by atoms with Crippen molar-refractivity contribution in [3.05, 3.63) is 54.1 Å². The third-order valence-corrected chi connectivity index (χ3v) is 3.14. The van der Waals surface area contributed by atoms with E-state index in [0.717, 1.165) is 12.1 Å². The normalized spacial score (nSPS) is 10.2. The van der Waals surface area contributed by atoms with Crippen LogP contribution in [0, 0.1) is 0 Å². The van der Waals surface area contributed by atoms with E-state index in [0.29, 0.717) is 23.6 Å². The van der Waals surface area contributed by atoms with E-state index >= 15 is 0 Å². The Kier molecular flexibility index (Phi) is 4.82. The smallest absolute Gasteiger partial charge is 0.258 e. The van der Waals surface area contributed by atoms with Crippen LogP contribution in [-0.2, 0) is 0 Å². The number of rotatable bonds is 5. The summed E-state index contributed by atoms with van der Waals surface area (Å²) in [5.74, 6) is 0.634. The molecule has 0 bridgehead atoms. The van der Waals surface area contributed by atoms with Gasteiger partial charge in [-0.1, -0.05) is 13.0 Å². The lowest BCUT2D eigenvalue weighted by Gasteiger charge is -2.18. The quantitative estimate of drug-likeness (QED) is 0.857. The summed E-state index contributed by atoms with van der Waals surface area (Å²) in [4.78, 5) is 14.1. The number of carbonyl (C=O) groups is 1. The summed E-state index contributed by atoms with van der Waals surface area (Å²) in [5, 5.41) is 0. The van der Waals surface area contributed by atoms with Crippen LogP contribution < -0.4 is 15.4 Å². The van der Waals surface area contributed by atoms with Crippen molar-refractivity contribution in [3.8, 4) is 5.75 Å². The van der Waals surface area contributed by atoms with Crippen LogP contribution in [0.4, 0.5) is 11.4 Å². The minimum absolute atomic E-state index is 0.0817. The van der Waals surface area contributed by atoms with E-state index in [9.17, 15) is 4.79 Å². The summed E-state index contributed by atoms with van der Waals surface area (Å²) in [6.45, 7) is 2.69. The third kappa shape index (κ3) is 3.75. The largest absolute Gasteiger partial charge is 0.494 e. The predicted octanol–water partition coefficient (Wildman–Crippen LogP) is 3.33. The van der Waals surface area contributed by atoms with E-state index < -0.39 is 0 Å². The molecule has 0 unspecified atom stereocenters. The molecule has 0 aliphatic carbocycles. The highest BCUT2D eigenvalue weighted by Crippen LogP contribution is 2.20. The Hall–Kier alpha value is -2.49. The molecule has 0 aromatic heterocycles. The lowest BCUT2D eigenvalue weighted by Crippen LogP contribution is -2.26. The molecule has 1 amide bonds. The van der Waals surface area contributed by atoms with Gasteiger partial charge in [-0.2, -0.15) is 0 Å². The first-order valence-electron chi connectivity index (χ1n) is 6.98. The maximum absolute atomic E-state index is 12.5. The zero-order valence-corrected chi connectivity index (χ0v) is 12.4. The van der Waals surface area contributed by atoms with Gasteiger partial charge in [0.05, 0.1) is 6.61 Å². The SMILES string of the molecule is CCCOc1cccc(C(=O)N(C)c2ccc(N)cc2)c1. The number of anilines is 2. The van der Waals surface area contributed by atoms with E-state index in [-0.39, 0.29) is 5.91 Å². The summed E-state index contributed by atoms with van der Waals surface area (Å²) in [7, 11) is 1.74. The maximum Gasteiger partial charge on any atom is 0.258 e.